The third-order valence-corrected chi connectivity index (χ3v) is 5.83. The number of nitrogens with one attached hydrogen (secondary N) is 1. The lowest BCUT2D eigenvalue weighted by Gasteiger charge is -2.09. The summed E-state index contributed by atoms with van der Waals surface area (Å²) in [4.78, 5) is 1.18. The molecule has 108 valence electrons. The van der Waals surface area contributed by atoms with Gasteiger partial charge in [0.1, 0.15) is 0 Å². The lowest BCUT2D eigenvalue weighted by molar-refractivity contribution is 0.669. The molecule has 0 fully saturated rings. The third kappa shape index (κ3) is 4.63. The first-order valence-electron chi connectivity index (χ1n) is 6.27. The summed E-state index contributed by atoms with van der Waals surface area (Å²) in [5, 5.41) is 12.5. The molecule has 0 radical (unpaired) electrons. The molecule has 0 aliphatic heterocycles. The normalized spacial score (nSPS) is 10.9. The van der Waals surface area contributed by atoms with Gasteiger partial charge in [0.15, 0.2) is 8.68 Å². The Balaban J connectivity index is 2.12. The number of halogens is 1. The van der Waals surface area contributed by atoms with E-state index >= 15 is 0 Å². The van der Waals surface area contributed by atoms with Gasteiger partial charge in [0, 0.05) is 16.5 Å². The largest absolute Gasteiger partial charge is 0.313 e. The number of thioether (sulfide) groups is 1. The van der Waals surface area contributed by atoms with Crippen molar-refractivity contribution in [2.24, 2.45) is 0 Å². The number of nitrogens with zero attached hydrogens (tertiary/aromatic N) is 2. The van der Waals surface area contributed by atoms with E-state index < -0.39 is 0 Å². The van der Waals surface area contributed by atoms with Gasteiger partial charge in [0.25, 0.3) is 0 Å². The molecule has 1 aromatic carbocycles. The molecule has 0 saturated heterocycles. The summed E-state index contributed by atoms with van der Waals surface area (Å²) in [6.45, 7) is 3.99. The Labute approximate surface area is 136 Å². The lowest BCUT2D eigenvalue weighted by Crippen LogP contribution is -2.14. The van der Waals surface area contributed by atoms with Gasteiger partial charge < -0.3 is 5.32 Å². The number of rotatable bonds is 7. The standard InChI is InChI=1S/C13H16ClN3S3/c1-3-6-15-8-9-7-10(14)4-5-11(9)19-13-17-16-12(18-2)20-13/h4-5,7,15H,3,6,8H2,1-2H3. The summed E-state index contributed by atoms with van der Waals surface area (Å²) in [5.74, 6) is 0. The van der Waals surface area contributed by atoms with E-state index in [9.17, 15) is 0 Å². The minimum absolute atomic E-state index is 0.768. The van der Waals surface area contributed by atoms with Crippen LogP contribution in [0.5, 0.6) is 0 Å². The van der Waals surface area contributed by atoms with Crippen LogP contribution >= 0.6 is 46.5 Å². The Morgan fingerprint density at radius 2 is 2.10 bits per heavy atom. The molecular formula is C13H16ClN3S3. The van der Waals surface area contributed by atoms with Crippen molar-refractivity contribution in [3.63, 3.8) is 0 Å². The van der Waals surface area contributed by atoms with E-state index in [1.807, 2.05) is 18.4 Å². The van der Waals surface area contributed by atoms with Crippen molar-refractivity contribution in [3.05, 3.63) is 28.8 Å². The van der Waals surface area contributed by atoms with Crippen LogP contribution in [-0.2, 0) is 6.54 Å². The van der Waals surface area contributed by atoms with Crippen LogP contribution < -0.4 is 5.32 Å². The Bertz CT molecular complexity index is 560. The van der Waals surface area contributed by atoms with E-state index in [-0.39, 0.29) is 0 Å². The van der Waals surface area contributed by atoms with Crippen molar-refractivity contribution in [1.29, 1.82) is 0 Å². The second kappa shape index (κ2) is 8.24. The average Bonchev–Trinajstić information content (AvgIpc) is 2.90. The molecule has 0 unspecified atom stereocenters. The Morgan fingerprint density at radius 1 is 1.30 bits per heavy atom. The molecule has 7 heteroatoms. The summed E-state index contributed by atoms with van der Waals surface area (Å²) < 4.78 is 1.96. The second-order valence-corrected chi connectivity index (χ2v) is 7.83. The van der Waals surface area contributed by atoms with E-state index in [0.29, 0.717) is 0 Å². The smallest absolute Gasteiger partial charge is 0.179 e. The molecule has 0 spiro atoms. The number of hydrogen-bond acceptors (Lipinski definition) is 6. The first-order valence-corrected chi connectivity index (χ1v) is 9.51. The fraction of sp³-hybridized carbons (Fsp3) is 0.385. The zero-order valence-electron chi connectivity index (χ0n) is 11.4. The highest BCUT2D eigenvalue weighted by molar-refractivity contribution is 8.03. The van der Waals surface area contributed by atoms with Gasteiger partial charge in [-0.1, -0.05) is 53.4 Å². The fourth-order valence-corrected chi connectivity index (χ4v) is 4.30. The zero-order chi connectivity index (χ0) is 14.4. The number of benzene rings is 1. The summed E-state index contributed by atoms with van der Waals surface area (Å²) in [5.41, 5.74) is 1.21. The van der Waals surface area contributed by atoms with Crippen LogP contribution in [0.4, 0.5) is 0 Å². The van der Waals surface area contributed by atoms with Crippen molar-refractivity contribution >= 4 is 46.5 Å². The Kier molecular flexibility index (Phi) is 6.64. The average molecular weight is 346 g/mol. The highest BCUT2D eigenvalue weighted by Gasteiger charge is 2.09. The molecular weight excluding hydrogens is 330 g/mol. The van der Waals surface area contributed by atoms with Crippen LogP contribution in [0.2, 0.25) is 5.02 Å². The van der Waals surface area contributed by atoms with E-state index in [1.165, 1.54) is 10.5 Å². The van der Waals surface area contributed by atoms with Gasteiger partial charge in [0.2, 0.25) is 0 Å². The first-order chi connectivity index (χ1) is 9.72. The minimum Gasteiger partial charge on any atom is -0.313 e. The molecule has 2 aromatic rings. The maximum Gasteiger partial charge on any atom is 0.179 e. The number of hydrogen-bond donors (Lipinski definition) is 1. The van der Waals surface area contributed by atoms with E-state index in [0.717, 1.165) is 33.2 Å². The van der Waals surface area contributed by atoms with Gasteiger partial charge in [-0.2, -0.15) is 0 Å². The highest BCUT2D eigenvalue weighted by Crippen LogP contribution is 2.35. The predicted octanol–water partition coefficient (Wildman–Crippen LogP) is 4.56. The maximum atomic E-state index is 6.09. The summed E-state index contributed by atoms with van der Waals surface area (Å²) in [7, 11) is 0. The van der Waals surface area contributed by atoms with Gasteiger partial charge in [-0.05, 0) is 43.0 Å². The first kappa shape index (κ1) is 16.1. The fourth-order valence-electron chi connectivity index (χ4n) is 1.60. The van der Waals surface area contributed by atoms with Gasteiger partial charge in [-0.3, -0.25) is 0 Å². The van der Waals surface area contributed by atoms with E-state index in [1.54, 1.807) is 34.9 Å². The minimum atomic E-state index is 0.768. The molecule has 0 aliphatic rings. The van der Waals surface area contributed by atoms with E-state index in [4.69, 9.17) is 11.6 Å². The highest BCUT2D eigenvalue weighted by atomic mass is 35.5. The molecule has 20 heavy (non-hydrogen) atoms. The molecule has 1 N–H and O–H groups in total. The molecule has 3 nitrogen and oxygen atoms in total. The molecule has 0 amide bonds. The monoisotopic (exact) mass is 345 g/mol. The molecule has 1 heterocycles. The van der Waals surface area contributed by atoms with Gasteiger partial charge >= 0.3 is 0 Å². The molecule has 0 bridgehead atoms. The third-order valence-electron chi connectivity index (χ3n) is 2.52. The molecule has 2 rings (SSSR count). The topological polar surface area (TPSA) is 37.8 Å². The number of aromatic nitrogens is 2. The Hall–Kier alpha value is -0.270. The summed E-state index contributed by atoms with van der Waals surface area (Å²) >= 11 is 11.0. The van der Waals surface area contributed by atoms with E-state index in [2.05, 4.69) is 28.5 Å². The van der Waals surface area contributed by atoms with Crippen LogP contribution in [-0.4, -0.2) is 23.0 Å². The summed E-state index contributed by atoms with van der Waals surface area (Å²) in [6, 6.07) is 5.99. The van der Waals surface area contributed by atoms with Crippen molar-refractivity contribution in [2.75, 3.05) is 12.8 Å². The Morgan fingerprint density at radius 3 is 2.80 bits per heavy atom. The SMILES string of the molecule is CCCNCc1cc(Cl)ccc1Sc1nnc(SC)s1. The van der Waals surface area contributed by atoms with Crippen LogP contribution in [0, 0.1) is 0 Å². The van der Waals surface area contributed by atoms with Crippen LogP contribution in [0.15, 0.2) is 31.8 Å². The molecule has 1 aromatic heterocycles. The maximum absolute atomic E-state index is 6.09. The van der Waals surface area contributed by atoms with Crippen molar-refractivity contribution in [1.82, 2.24) is 15.5 Å². The van der Waals surface area contributed by atoms with Gasteiger partial charge in [-0.25, -0.2) is 0 Å². The second-order valence-electron chi connectivity index (χ2n) is 4.07. The predicted molar refractivity (Wildman–Crippen MR) is 89.3 cm³/mol. The lowest BCUT2D eigenvalue weighted by atomic mass is 10.2. The van der Waals surface area contributed by atoms with Gasteiger partial charge in [0.05, 0.1) is 0 Å². The van der Waals surface area contributed by atoms with Crippen molar-refractivity contribution < 1.29 is 0 Å². The van der Waals surface area contributed by atoms with Crippen LogP contribution in [0.1, 0.15) is 18.9 Å². The summed E-state index contributed by atoms with van der Waals surface area (Å²) in [6.07, 6.45) is 3.13. The zero-order valence-corrected chi connectivity index (χ0v) is 14.6. The van der Waals surface area contributed by atoms with Crippen LogP contribution in [0.25, 0.3) is 0 Å². The molecule has 0 aliphatic carbocycles. The van der Waals surface area contributed by atoms with Crippen molar-refractivity contribution in [2.45, 2.75) is 33.5 Å². The molecule has 0 saturated carbocycles. The molecule has 0 atom stereocenters. The van der Waals surface area contributed by atoms with Gasteiger partial charge in [-0.15, -0.1) is 10.2 Å². The van der Waals surface area contributed by atoms with Crippen LogP contribution in [0.3, 0.4) is 0 Å². The quantitative estimate of drug-likeness (QED) is 0.588. The van der Waals surface area contributed by atoms with Crippen molar-refractivity contribution in [3.8, 4) is 0 Å².